The number of amides is 1. The van der Waals surface area contributed by atoms with Gasteiger partial charge in [0.1, 0.15) is 0 Å². The number of fused-ring (bicyclic) bond motifs is 1. The Morgan fingerprint density at radius 3 is 2.71 bits per heavy atom. The second-order valence-corrected chi connectivity index (χ2v) is 6.01. The third-order valence-corrected chi connectivity index (χ3v) is 4.15. The number of nitrogens with one attached hydrogen (secondary N) is 1. The van der Waals surface area contributed by atoms with Crippen LogP contribution in [0.15, 0.2) is 42.5 Å². The van der Waals surface area contributed by atoms with Crippen LogP contribution < -0.4 is 10.2 Å². The predicted octanol–water partition coefficient (Wildman–Crippen LogP) is 3.29. The van der Waals surface area contributed by atoms with E-state index in [9.17, 15) is 14.9 Å². The molecule has 2 aromatic carbocycles. The van der Waals surface area contributed by atoms with Crippen molar-refractivity contribution in [1.29, 1.82) is 0 Å². The molecule has 0 radical (unpaired) electrons. The summed E-state index contributed by atoms with van der Waals surface area (Å²) in [6, 6.07) is 12.2. The Morgan fingerprint density at radius 1 is 1.25 bits per heavy atom. The lowest BCUT2D eigenvalue weighted by atomic mass is 9.99. The Kier molecular flexibility index (Phi) is 4.46. The highest BCUT2D eigenvalue weighted by molar-refractivity contribution is 5.94. The molecule has 0 saturated carbocycles. The molecule has 1 aliphatic rings. The van der Waals surface area contributed by atoms with E-state index in [0.717, 1.165) is 25.1 Å². The van der Waals surface area contributed by atoms with Crippen molar-refractivity contribution in [2.24, 2.45) is 0 Å². The number of carbonyl (C=O) groups is 1. The van der Waals surface area contributed by atoms with Crippen LogP contribution in [-0.4, -0.2) is 23.9 Å². The molecule has 0 atom stereocenters. The molecule has 6 nitrogen and oxygen atoms in total. The number of benzene rings is 2. The van der Waals surface area contributed by atoms with Crippen LogP contribution in [0.25, 0.3) is 0 Å². The molecule has 0 unspecified atom stereocenters. The highest BCUT2D eigenvalue weighted by Crippen LogP contribution is 2.27. The van der Waals surface area contributed by atoms with Crippen LogP contribution in [0, 0.1) is 17.0 Å². The zero-order chi connectivity index (χ0) is 17.1. The van der Waals surface area contributed by atoms with Gasteiger partial charge in [0.15, 0.2) is 0 Å². The maximum absolute atomic E-state index is 12.3. The highest BCUT2D eigenvalue weighted by atomic mass is 16.6. The Morgan fingerprint density at radius 2 is 2.00 bits per heavy atom. The summed E-state index contributed by atoms with van der Waals surface area (Å²) in [5, 5.41) is 13.4. The van der Waals surface area contributed by atoms with E-state index in [0.29, 0.717) is 5.69 Å². The second-order valence-electron chi connectivity index (χ2n) is 6.01. The minimum Gasteiger partial charge on any atom is -0.362 e. The fourth-order valence-corrected chi connectivity index (χ4v) is 3.01. The molecule has 6 heteroatoms. The average Bonchev–Trinajstić information content (AvgIpc) is 2.55. The molecule has 1 amide bonds. The van der Waals surface area contributed by atoms with Crippen molar-refractivity contribution in [2.75, 3.05) is 23.3 Å². The number of nitro groups is 1. The SMILES string of the molecule is Cc1ccc2c(c1)CCCN2CC(=O)Nc1ccc([N+](=O)[O-])cc1. The van der Waals surface area contributed by atoms with Gasteiger partial charge in [-0.3, -0.25) is 14.9 Å². The second kappa shape index (κ2) is 6.70. The predicted molar refractivity (Wildman–Crippen MR) is 93.4 cm³/mol. The normalized spacial score (nSPS) is 13.3. The van der Waals surface area contributed by atoms with Crippen molar-refractivity contribution >= 4 is 23.0 Å². The maximum atomic E-state index is 12.3. The first-order valence-corrected chi connectivity index (χ1v) is 7.92. The minimum absolute atomic E-state index is 0.00771. The summed E-state index contributed by atoms with van der Waals surface area (Å²) in [4.78, 5) is 24.6. The van der Waals surface area contributed by atoms with E-state index in [1.54, 1.807) is 12.1 Å². The Hall–Kier alpha value is -2.89. The molecule has 124 valence electrons. The van der Waals surface area contributed by atoms with Gasteiger partial charge in [-0.25, -0.2) is 0 Å². The van der Waals surface area contributed by atoms with Crippen LogP contribution in [0.5, 0.6) is 0 Å². The number of aryl methyl sites for hydroxylation is 2. The van der Waals surface area contributed by atoms with Gasteiger partial charge in [-0.2, -0.15) is 0 Å². The van der Waals surface area contributed by atoms with Crippen molar-refractivity contribution in [3.8, 4) is 0 Å². The lowest BCUT2D eigenvalue weighted by Gasteiger charge is -2.31. The van der Waals surface area contributed by atoms with Crippen molar-refractivity contribution in [2.45, 2.75) is 19.8 Å². The molecule has 0 aliphatic carbocycles. The molecule has 24 heavy (non-hydrogen) atoms. The summed E-state index contributed by atoms with van der Waals surface area (Å²) < 4.78 is 0. The van der Waals surface area contributed by atoms with Crippen LogP contribution in [0.2, 0.25) is 0 Å². The van der Waals surface area contributed by atoms with Crippen LogP contribution in [-0.2, 0) is 11.2 Å². The third kappa shape index (κ3) is 3.53. The van der Waals surface area contributed by atoms with Gasteiger partial charge in [0.25, 0.3) is 5.69 Å². The first-order valence-electron chi connectivity index (χ1n) is 7.92. The Balaban J connectivity index is 1.66. The van der Waals surface area contributed by atoms with Gasteiger partial charge in [0.05, 0.1) is 11.5 Å². The summed E-state index contributed by atoms with van der Waals surface area (Å²) in [7, 11) is 0. The summed E-state index contributed by atoms with van der Waals surface area (Å²) in [6.45, 7) is 3.19. The van der Waals surface area contributed by atoms with Gasteiger partial charge in [0.2, 0.25) is 5.91 Å². The van der Waals surface area contributed by atoms with E-state index in [4.69, 9.17) is 0 Å². The first kappa shape index (κ1) is 16.0. The highest BCUT2D eigenvalue weighted by Gasteiger charge is 2.19. The van der Waals surface area contributed by atoms with Crippen molar-refractivity contribution in [3.05, 3.63) is 63.7 Å². The molecular weight excluding hydrogens is 306 g/mol. The van der Waals surface area contributed by atoms with Gasteiger partial charge in [-0.05, 0) is 43.5 Å². The molecule has 0 saturated heterocycles. The molecular formula is C18H19N3O3. The average molecular weight is 325 g/mol. The van der Waals surface area contributed by atoms with E-state index < -0.39 is 4.92 Å². The standard InChI is InChI=1S/C18H19N3O3/c1-13-4-9-17-14(11-13)3-2-10-20(17)12-18(22)19-15-5-7-16(8-6-15)21(23)24/h4-9,11H,2-3,10,12H2,1H3,(H,19,22). The number of anilines is 2. The summed E-state index contributed by atoms with van der Waals surface area (Å²) in [5.41, 5.74) is 4.20. The Labute approximate surface area is 140 Å². The van der Waals surface area contributed by atoms with E-state index in [1.165, 1.54) is 23.3 Å². The third-order valence-electron chi connectivity index (χ3n) is 4.15. The van der Waals surface area contributed by atoms with E-state index >= 15 is 0 Å². The first-order chi connectivity index (χ1) is 11.5. The molecule has 3 rings (SSSR count). The monoisotopic (exact) mass is 325 g/mol. The molecule has 2 aromatic rings. The zero-order valence-electron chi connectivity index (χ0n) is 13.5. The fraction of sp³-hybridized carbons (Fsp3) is 0.278. The lowest BCUT2D eigenvalue weighted by molar-refractivity contribution is -0.384. The number of hydrogen-bond donors (Lipinski definition) is 1. The van der Waals surface area contributed by atoms with Gasteiger partial charge in [-0.15, -0.1) is 0 Å². The van der Waals surface area contributed by atoms with Gasteiger partial charge in [0, 0.05) is 30.1 Å². The number of rotatable bonds is 4. The minimum atomic E-state index is -0.460. The van der Waals surface area contributed by atoms with E-state index in [2.05, 4.69) is 35.3 Å². The van der Waals surface area contributed by atoms with E-state index in [-0.39, 0.29) is 18.1 Å². The van der Waals surface area contributed by atoms with Gasteiger partial charge >= 0.3 is 0 Å². The van der Waals surface area contributed by atoms with Crippen molar-refractivity contribution in [3.63, 3.8) is 0 Å². The smallest absolute Gasteiger partial charge is 0.269 e. The zero-order valence-corrected chi connectivity index (χ0v) is 13.5. The molecule has 0 aromatic heterocycles. The van der Waals surface area contributed by atoms with Crippen molar-refractivity contribution in [1.82, 2.24) is 0 Å². The van der Waals surface area contributed by atoms with Crippen LogP contribution in [0.4, 0.5) is 17.1 Å². The molecule has 1 aliphatic heterocycles. The summed E-state index contributed by atoms with van der Waals surface area (Å²) in [6.07, 6.45) is 2.07. The number of nitrogens with zero attached hydrogens (tertiary/aromatic N) is 2. The molecule has 0 bridgehead atoms. The van der Waals surface area contributed by atoms with Crippen LogP contribution >= 0.6 is 0 Å². The number of nitro benzene ring substituents is 1. The molecule has 1 N–H and O–H groups in total. The number of non-ortho nitro benzene ring substituents is 1. The quantitative estimate of drug-likeness (QED) is 0.691. The van der Waals surface area contributed by atoms with Crippen LogP contribution in [0.1, 0.15) is 17.5 Å². The van der Waals surface area contributed by atoms with Crippen LogP contribution in [0.3, 0.4) is 0 Å². The summed E-state index contributed by atoms with van der Waals surface area (Å²) in [5.74, 6) is -0.128. The topological polar surface area (TPSA) is 75.5 Å². The fourth-order valence-electron chi connectivity index (χ4n) is 3.01. The van der Waals surface area contributed by atoms with E-state index in [1.807, 2.05) is 0 Å². The summed E-state index contributed by atoms with van der Waals surface area (Å²) >= 11 is 0. The van der Waals surface area contributed by atoms with Crippen molar-refractivity contribution < 1.29 is 9.72 Å². The maximum Gasteiger partial charge on any atom is 0.269 e. The largest absolute Gasteiger partial charge is 0.362 e. The number of hydrogen-bond acceptors (Lipinski definition) is 4. The van der Waals surface area contributed by atoms with Gasteiger partial charge < -0.3 is 10.2 Å². The number of carbonyl (C=O) groups excluding carboxylic acids is 1. The molecule has 0 fully saturated rings. The lowest BCUT2D eigenvalue weighted by Crippen LogP contribution is -2.36. The Bertz CT molecular complexity index is 772. The molecule has 1 heterocycles. The van der Waals surface area contributed by atoms with Gasteiger partial charge in [-0.1, -0.05) is 17.7 Å². The molecule has 0 spiro atoms.